The Morgan fingerprint density at radius 2 is 1.87 bits per heavy atom. The van der Waals surface area contributed by atoms with Crippen molar-refractivity contribution in [2.45, 2.75) is 29.7 Å². The maximum atomic E-state index is 12.4. The van der Waals surface area contributed by atoms with Gasteiger partial charge in [0.15, 0.2) is 0 Å². The Kier molecular flexibility index (Phi) is 7.34. The highest BCUT2D eigenvalue weighted by Gasteiger charge is 2.21. The van der Waals surface area contributed by atoms with Gasteiger partial charge in [-0.3, -0.25) is 9.59 Å². The standard InChI is InChI=1S/C21H26N4O4S2/c1-15-6-8-17(12-18(15)31(28,29)24(2)3)23-19(26)14-30-20-9-7-16(13-22-20)21(27)25-10-4-5-11-25/h6-9,12-13H,4-5,10-11,14H2,1-3H3,(H,23,26). The van der Waals surface area contributed by atoms with Crippen LogP contribution in [0, 0.1) is 6.92 Å². The van der Waals surface area contributed by atoms with E-state index in [9.17, 15) is 18.0 Å². The maximum absolute atomic E-state index is 12.4. The van der Waals surface area contributed by atoms with E-state index in [1.165, 1.54) is 31.9 Å². The number of sulfonamides is 1. The van der Waals surface area contributed by atoms with Gasteiger partial charge >= 0.3 is 0 Å². The average molecular weight is 463 g/mol. The van der Waals surface area contributed by atoms with Crippen LogP contribution in [0.5, 0.6) is 0 Å². The molecule has 1 aromatic heterocycles. The summed E-state index contributed by atoms with van der Waals surface area (Å²) in [6, 6.07) is 8.26. The van der Waals surface area contributed by atoms with E-state index in [0.717, 1.165) is 30.2 Å². The van der Waals surface area contributed by atoms with Gasteiger partial charge in [-0.1, -0.05) is 17.8 Å². The lowest BCUT2D eigenvalue weighted by molar-refractivity contribution is -0.113. The zero-order chi connectivity index (χ0) is 22.6. The minimum absolute atomic E-state index is 0.0119. The molecule has 0 radical (unpaired) electrons. The molecule has 0 unspecified atom stereocenters. The van der Waals surface area contributed by atoms with E-state index < -0.39 is 10.0 Å². The number of anilines is 1. The predicted molar refractivity (Wildman–Crippen MR) is 121 cm³/mol. The zero-order valence-electron chi connectivity index (χ0n) is 17.8. The van der Waals surface area contributed by atoms with Gasteiger partial charge in [0.2, 0.25) is 15.9 Å². The SMILES string of the molecule is Cc1ccc(NC(=O)CSc2ccc(C(=O)N3CCCC3)cn2)cc1S(=O)(=O)N(C)C. The molecular weight excluding hydrogens is 436 g/mol. The Morgan fingerprint density at radius 3 is 2.48 bits per heavy atom. The third-order valence-corrected chi connectivity index (χ3v) is 7.86. The van der Waals surface area contributed by atoms with Gasteiger partial charge in [-0.2, -0.15) is 0 Å². The fraction of sp³-hybridized carbons (Fsp3) is 0.381. The minimum atomic E-state index is -3.60. The Balaban J connectivity index is 1.58. The highest BCUT2D eigenvalue weighted by molar-refractivity contribution is 7.99. The number of carbonyl (C=O) groups excluding carboxylic acids is 2. The van der Waals surface area contributed by atoms with Crippen molar-refractivity contribution in [3.8, 4) is 0 Å². The lowest BCUT2D eigenvalue weighted by Crippen LogP contribution is -2.27. The summed E-state index contributed by atoms with van der Waals surface area (Å²) < 4.78 is 26.0. The van der Waals surface area contributed by atoms with Crippen molar-refractivity contribution in [2.75, 3.05) is 38.3 Å². The summed E-state index contributed by atoms with van der Waals surface area (Å²) in [4.78, 5) is 31.0. The van der Waals surface area contributed by atoms with Gasteiger partial charge in [0.05, 0.1) is 21.2 Å². The van der Waals surface area contributed by atoms with Gasteiger partial charge in [-0.15, -0.1) is 0 Å². The molecule has 8 nitrogen and oxygen atoms in total. The first-order valence-electron chi connectivity index (χ1n) is 9.89. The van der Waals surface area contributed by atoms with Crippen molar-refractivity contribution in [1.82, 2.24) is 14.2 Å². The van der Waals surface area contributed by atoms with Crippen molar-refractivity contribution in [1.29, 1.82) is 0 Å². The number of pyridine rings is 1. The number of nitrogens with one attached hydrogen (secondary N) is 1. The van der Waals surface area contributed by atoms with E-state index in [0.29, 0.717) is 21.8 Å². The number of amides is 2. The third-order valence-electron chi connectivity index (χ3n) is 4.96. The summed E-state index contributed by atoms with van der Waals surface area (Å²) in [5.74, 6) is -0.181. The molecule has 2 aromatic rings. The molecule has 2 heterocycles. The molecule has 1 aromatic carbocycles. The van der Waals surface area contributed by atoms with Gasteiger partial charge in [0, 0.05) is 39.1 Å². The summed E-state index contributed by atoms with van der Waals surface area (Å²) >= 11 is 1.24. The molecule has 1 aliphatic rings. The number of nitrogens with zero attached hydrogens (tertiary/aromatic N) is 3. The Morgan fingerprint density at radius 1 is 1.16 bits per heavy atom. The van der Waals surface area contributed by atoms with Crippen LogP contribution < -0.4 is 5.32 Å². The van der Waals surface area contributed by atoms with Crippen LogP contribution in [-0.4, -0.2) is 67.4 Å². The van der Waals surface area contributed by atoms with Gasteiger partial charge in [0.25, 0.3) is 5.91 Å². The van der Waals surface area contributed by atoms with Crippen molar-refractivity contribution >= 4 is 39.3 Å². The van der Waals surface area contributed by atoms with E-state index in [4.69, 9.17) is 0 Å². The summed E-state index contributed by atoms with van der Waals surface area (Å²) in [5.41, 5.74) is 1.56. The van der Waals surface area contributed by atoms with Gasteiger partial charge < -0.3 is 10.2 Å². The molecule has 31 heavy (non-hydrogen) atoms. The lowest BCUT2D eigenvalue weighted by Gasteiger charge is -2.15. The molecule has 1 saturated heterocycles. The first-order chi connectivity index (χ1) is 14.7. The third kappa shape index (κ3) is 5.63. The normalized spacial score (nSPS) is 14.1. The van der Waals surface area contributed by atoms with E-state index in [-0.39, 0.29) is 22.5 Å². The topological polar surface area (TPSA) is 99.7 Å². The van der Waals surface area contributed by atoms with Crippen molar-refractivity contribution in [3.05, 3.63) is 47.7 Å². The van der Waals surface area contributed by atoms with Crippen LogP contribution in [-0.2, 0) is 14.8 Å². The maximum Gasteiger partial charge on any atom is 0.255 e. The van der Waals surface area contributed by atoms with E-state index in [1.54, 1.807) is 37.4 Å². The molecule has 0 bridgehead atoms. The molecular formula is C21H26N4O4S2. The minimum Gasteiger partial charge on any atom is -0.339 e. The highest BCUT2D eigenvalue weighted by Crippen LogP contribution is 2.23. The van der Waals surface area contributed by atoms with E-state index in [2.05, 4.69) is 10.3 Å². The number of hydrogen-bond acceptors (Lipinski definition) is 6. The van der Waals surface area contributed by atoms with E-state index in [1.807, 2.05) is 4.90 Å². The highest BCUT2D eigenvalue weighted by atomic mass is 32.2. The second-order valence-electron chi connectivity index (χ2n) is 7.49. The molecule has 166 valence electrons. The van der Waals surface area contributed by atoms with Crippen molar-refractivity contribution < 1.29 is 18.0 Å². The van der Waals surface area contributed by atoms with Crippen LogP contribution in [0.25, 0.3) is 0 Å². The van der Waals surface area contributed by atoms with Gasteiger partial charge in [-0.05, 0) is 49.6 Å². The summed E-state index contributed by atoms with van der Waals surface area (Å²) in [6.07, 6.45) is 3.61. The smallest absolute Gasteiger partial charge is 0.255 e. The first-order valence-corrected chi connectivity index (χ1v) is 12.3. The van der Waals surface area contributed by atoms with Crippen molar-refractivity contribution in [3.63, 3.8) is 0 Å². The number of likely N-dealkylation sites (tertiary alicyclic amines) is 1. The number of aryl methyl sites for hydroxylation is 1. The molecule has 10 heteroatoms. The van der Waals surface area contributed by atoms with Crippen LogP contribution in [0.3, 0.4) is 0 Å². The van der Waals surface area contributed by atoms with Crippen LogP contribution >= 0.6 is 11.8 Å². The zero-order valence-corrected chi connectivity index (χ0v) is 19.4. The molecule has 1 N–H and O–H groups in total. The first kappa shape index (κ1) is 23.2. The molecule has 1 aliphatic heterocycles. The molecule has 1 fully saturated rings. The molecule has 2 amide bonds. The summed E-state index contributed by atoms with van der Waals surface area (Å²) in [5, 5.41) is 3.36. The fourth-order valence-electron chi connectivity index (χ4n) is 3.18. The summed E-state index contributed by atoms with van der Waals surface area (Å²) in [6.45, 7) is 3.28. The second kappa shape index (κ2) is 9.80. The molecule has 0 atom stereocenters. The van der Waals surface area contributed by atoms with Crippen LogP contribution in [0.1, 0.15) is 28.8 Å². The lowest BCUT2D eigenvalue weighted by atomic mass is 10.2. The number of rotatable bonds is 7. The number of thioether (sulfide) groups is 1. The average Bonchev–Trinajstić information content (AvgIpc) is 3.28. The Labute approximate surface area is 187 Å². The second-order valence-corrected chi connectivity index (χ2v) is 10.6. The summed E-state index contributed by atoms with van der Waals surface area (Å²) in [7, 11) is -0.671. The van der Waals surface area contributed by atoms with Crippen LogP contribution in [0.4, 0.5) is 5.69 Å². The van der Waals surface area contributed by atoms with Gasteiger partial charge in [0.1, 0.15) is 0 Å². The predicted octanol–water partition coefficient (Wildman–Crippen LogP) is 2.61. The largest absolute Gasteiger partial charge is 0.339 e. The quantitative estimate of drug-likeness (QED) is 0.635. The number of aromatic nitrogens is 1. The monoisotopic (exact) mass is 462 g/mol. The molecule has 0 aliphatic carbocycles. The molecule has 0 spiro atoms. The van der Waals surface area contributed by atoms with E-state index >= 15 is 0 Å². The fourth-order valence-corrected chi connectivity index (χ4v) is 4.97. The van der Waals surface area contributed by atoms with Crippen LogP contribution in [0.15, 0.2) is 46.5 Å². The number of carbonyl (C=O) groups is 2. The number of benzene rings is 1. The number of hydrogen-bond donors (Lipinski definition) is 1. The van der Waals surface area contributed by atoms with Gasteiger partial charge in [-0.25, -0.2) is 17.7 Å². The molecule has 0 saturated carbocycles. The Hall–Kier alpha value is -2.43. The van der Waals surface area contributed by atoms with Crippen LogP contribution in [0.2, 0.25) is 0 Å². The Bertz CT molecular complexity index is 1060. The van der Waals surface area contributed by atoms with Crippen molar-refractivity contribution in [2.24, 2.45) is 0 Å². The molecule has 3 rings (SSSR count).